The molecular weight excluding hydrogens is 400 g/mol. The van der Waals surface area contributed by atoms with Crippen LogP contribution in [0.15, 0.2) is 16.6 Å². The fourth-order valence-corrected chi connectivity index (χ4v) is 3.11. The van der Waals surface area contributed by atoms with Crippen molar-refractivity contribution >= 4 is 39.3 Å². The molecule has 6 nitrogen and oxygen atoms in total. The molecule has 0 saturated carbocycles. The summed E-state index contributed by atoms with van der Waals surface area (Å²) in [7, 11) is 0. The number of hydrogen-bond donors (Lipinski definition) is 1. The van der Waals surface area contributed by atoms with Crippen molar-refractivity contribution in [3.63, 3.8) is 0 Å². The Morgan fingerprint density at radius 2 is 1.92 bits per heavy atom. The molecule has 0 spiro atoms. The number of piperazine rings is 1. The highest BCUT2D eigenvalue weighted by atomic mass is 79.9. The van der Waals surface area contributed by atoms with Crippen LogP contribution in [0.4, 0.5) is 10.5 Å². The summed E-state index contributed by atoms with van der Waals surface area (Å²) in [6.07, 6.45) is -0.284. The van der Waals surface area contributed by atoms with Crippen LogP contribution < -0.4 is 4.90 Å². The molecule has 1 aliphatic rings. The molecule has 1 amide bonds. The van der Waals surface area contributed by atoms with E-state index in [4.69, 9.17) is 21.6 Å². The maximum atomic E-state index is 12.1. The maximum Gasteiger partial charge on any atom is 0.410 e. The van der Waals surface area contributed by atoms with Crippen molar-refractivity contribution < 1.29 is 19.7 Å². The molecule has 0 aromatic heterocycles. The van der Waals surface area contributed by atoms with Crippen LogP contribution in [0.3, 0.4) is 0 Å². The largest absolute Gasteiger partial charge is 0.444 e. The number of rotatable bonds is 3. The van der Waals surface area contributed by atoms with Gasteiger partial charge < -0.3 is 14.5 Å². The number of amides is 1. The lowest BCUT2D eigenvalue weighted by molar-refractivity contribution is -0.252. The van der Waals surface area contributed by atoms with Crippen LogP contribution in [-0.2, 0) is 16.2 Å². The minimum atomic E-state index is -0.492. The minimum absolute atomic E-state index is 0.0170. The van der Waals surface area contributed by atoms with E-state index in [2.05, 4.69) is 25.7 Å². The molecule has 24 heavy (non-hydrogen) atoms. The van der Waals surface area contributed by atoms with Crippen molar-refractivity contribution in [2.45, 2.75) is 33.0 Å². The number of benzene rings is 1. The van der Waals surface area contributed by atoms with E-state index in [0.29, 0.717) is 36.8 Å². The van der Waals surface area contributed by atoms with E-state index < -0.39 is 5.60 Å². The number of carbonyl (C=O) groups is 1. The topological polar surface area (TPSA) is 62.2 Å². The summed E-state index contributed by atoms with van der Waals surface area (Å²) < 4.78 is 6.14. The molecule has 134 valence electrons. The van der Waals surface area contributed by atoms with Crippen LogP contribution in [-0.4, -0.2) is 48.0 Å². The van der Waals surface area contributed by atoms with E-state index in [1.54, 1.807) is 4.90 Å². The number of anilines is 1. The van der Waals surface area contributed by atoms with Crippen molar-refractivity contribution in [1.29, 1.82) is 0 Å². The van der Waals surface area contributed by atoms with Gasteiger partial charge in [-0.2, -0.15) is 0 Å². The molecular formula is C16H22BrClN2O4. The molecule has 0 unspecified atom stereocenters. The number of hydrogen-bond acceptors (Lipinski definition) is 5. The Hall–Kier alpha value is -1.02. The Bertz CT molecular complexity index is 598. The molecule has 1 heterocycles. The van der Waals surface area contributed by atoms with Gasteiger partial charge in [-0.3, -0.25) is 5.26 Å². The predicted molar refractivity (Wildman–Crippen MR) is 96.6 cm³/mol. The SMILES string of the molecule is CC(C)(C)OC(=O)N1CCN(c2cc(Br)c(Cl)c(COO)c2)CC1. The lowest BCUT2D eigenvalue weighted by atomic mass is 10.1. The second-order valence-corrected chi connectivity index (χ2v) is 7.86. The third-order valence-corrected chi connectivity index (χ3v) is 4.90. The number of carbonyl (C=O) groups excluding carboxylic acids is 1. The van der Waals surface area contributed by atoms with Gasteiger partial charge >= 0.3 is 6.09 Å². The molecule has 1 aromatic rings. The fraction of sp³-hybridized carbons (Fsp3) is 0.562. The van der Waals surface area contributed by atoms with Crippen molar-refractivity contribution in [3.05, 3.63) is 27.2 Å². The lowest BCUT2D eigenvalue weighted by Crippen LogP contribution is -2.50. The Morgan fingerprint density at radius 1 is 1.29 bits per heavy atom. The molecule has 1 aliphatic heterocycles. The number of nitrogens with zero attached hydrogens (tertiary/aromatic N) is 2. The van der Waals surface area contributed by atoms with Gasteiger partial charge in [-0.25, -0.2) is 9.68 Å². The highest BCUT2D eigenvalue weighted by Gasteiger charge is 2.26. The first-order chi connectivity index (χ1) is 11.2. The van der Waals surface area contributed by atoms with Gasteiger partial charge in [-0.15, -0.1) is 0 Å². The first-order valence-corrected chi connectivity index (χ1v) is 8.85. The lowest BCUT2D eigenvalue weighted by Gasteiger charge is -2.37. The first kappa shape index (κ1) is 19.3. The zero-order chi connectivity index (χ0) is 17.9. The van der Waals surface area contributed by atoms with E-state index >= 15 is 0 Å². The van der Waals surface area contributed by atoms with E-state index in [1.807, 2.05) is 32.9 Å². The van der Waals surface area contributed by atoms with Crippen LogP contribution in [0.1, 0.15) is 26.3 Å². The molecule has 0 atom stereocenters. The second kappa shape index (κ2) is 7.91. The summed E-state index contributed by atoms with van der Waals surface area (Å²) >= 11 is 9.60. The monoisotopic (exact) mass is 420 g/mol. The summed E-state index contributed by atoms with van der Waals surface area (Å²) in [5, 5.41) is 9.19. The van der Waals surface area contributed by atoms with Gasteiger partial charge in [0.1, 0.15) is 12.2 Å². The highest BCUT2D eigenvalue weighted by molar-refractivity contribution is 9.10. The third-order valence-electron chi connectivity index (χ3n) is 3.60. The van der Waals surface area contributed by atoms with Gasteiger partial charge in [0.15, 0.2) is 0 Å². The molecule has 8 heteroatoms. The first-order valence-electron chi connectivity index (χ1n) is 7.68. The highest BCUT2D eigenvalue weighted by Crippen LogP contribution is 2.32. The average molecular weight is 422 g/mol. The van der Waals surface area contributed by atoms with E-state index in [0.717, 1.165) is 10.2 Å². The molecule has 1 saturated heterocycles. The molecule has 1 N–H and O–H groups in total. The number of ether oxygens (including phenoxy) is 1. The summed E-state index contributed by atoms with van der Waals surface area (Å²) in [6, 6.07) is 3.80. The normalized spacial score (nSPS) is 15.6. The van der Waals surface area contributed by atoms with Crippen LogP contribution >= 0.6 is 27.5 Å². The Balaban J connectivity index is 2.03. The Labute approximate surface area is 155 Å². The van der Waals surface area contributed by atoms with Gasteiger partial charge in [0.05, 0.1) is 5.02 Å². The average Bonchev–Trinajstić information content (AvgIpc) is 2.50. The second-order valence-electron chi connectivity index (χ2n) is 6.63. The fourth-order valence-electron chi connectivity index (χ4n) is 2.46. The Kier molecular flexibility index (Phi) is 6.36. The molecule has 0 bridgehead atoms. The quantitative estimate of drug-likeness (QED) is 0.587. The molecule has 0 radical (unpaired) electrons. The maximum absolute atomic E-state index is 12.1. The van der Waals surface area contributed by atoms with Crippen LogP contribution in [0.25, 0.3) is 0 Å². The van der Waals surface area contributed by atoms with Gasteiger partial charge in [-0.1, -0.05) is 11.6 Å². The van der Waals surface area contributed by atoms with E-state index in [9.17, 15) is 4.79 Å². The smallest absolute Gasteiger partial charge is 0.410 e. The molecule has 1 fully saturated rings. The van der Waals surface area contributed by atoms with Crippen LogP contribution in [0.5, 0.6) is 0 Å². The standard InChI is InChI=1S/C16H22BrClN2O4/c1-16(2,3)24-15(21)20-6-4-19(5-7-20)12-8-11(10-23-22)14(18)13(17)9-12/h8-9,22H,4-7,10H2,1-3H3. The minimum Gasteiger partial charge on any atom is -0.444 e. The van der Waals surface area contributed by atoms with Gasteiger partial charge in [-0.05, 0) is 48.8 Å². The molecule has 0 aliphatic carbocycles. The summed E-state index contributed by atoms with van der Waals surface area (Å²) in [6.45, 7) is 8.13. The summed E-state index contributed by atoms with van der Waals surface area (Å²) in [5.41, 5.74) is 1.16. The molecule has 1 aromatic carbocycles. The predicted octanol–water partition coefficient (Wildman–Crippen LogP) is 4.15. The third kappa shape index (κ3) is 4.99. The van der Waals surface area contributed by atoms with Crippen molar-refractivity contribution in [3.8, 4) is 0 Å². The van der Waals surface area contributed by atoms with Gasteiger partial charge in [0, 0.05) is 41.9 Å². The summed E-state index contributed by atoms with van der Waals surface area (Å²) in [4.78, 5) is 20.2. The molecule has 2 rings (SSSR count). The van der Waals surface area contributed by atoms with Crippen molar-refractivity contribution in [2.24, 2.45) is 0 Å². The van der Waals surface area contributed by atoms with Gasteiger partial charge in [0.2, 0.25) is 0 Å². The van der Waals surface area contributed by atoms with E-state index in [-0.39, 0.29) is 12.7 Å². The Morgan fingerprint density at radius 3 is 2.46 bits per heavy atom. The number of halogens is 2. The van der Waals surface area contributed by atoms with Crippen molar-refractivity contribution in [2.75, 3.05) is 31.1 Å². The van der Waals surface area contributed by atoms with Crippen LogP contribution in [0, 0.1) is 0 Å². The van der Waals surface area contributed by atoms with Crippen LogP contribution in [0.2, 0.25) is 5.02 Å². The zero-order valence-electron chi connectivity index (χ0n) is 14.0. The van der Waals surface area contributed by atoms with Gasteiger partial charge in [0.25, 0.3) is 0 Å². The van der Waals surface area contributed by atoms with E-state index in [1.165, 1.54) is 0 Å². The summed E-state index contributed by atoms with van der Waals surface area (Å²) in [5.74, 6) is 0. The van der Waals surface area contributed by atoms with Crippen molar-refractivity contribution in [1.82, 2.24) is 4.90 Å². The zero-order valence-corrected chi connectivity index (χ0v) is 16.4.